The van der Waals surface area contributed by atoms with Gasteiger partial charge in [0.1, 0.15) is 29.4 Å². The van der Waals surface area contributed by atoms with Gasteiger partial charge in [-0.2, -0.15) is 0 Å². The molecule has 0 aromatic heterocycles. The number of anilines is 1. The smallest absolute Gasteiger partial charge is 0.336 e. The first-order valence-electron chi connectivity index (χ1n) is 12.4. The molecule has 0 unspecified atom stereocenters. The van der Waals surface area contributed by atoms with Crippen molar-refractivity contribution in [3.8, 4) is 17.2 Å². The Kier molecular flexibility index (Phi) is 8.01. The van der Waals surface area contributed by atoms with E-state index in [-0.39, 0.29) is 27.8 Å². The molecule has 1 N–H and O–H groups in total. The number of methoxy groups -OCH3 is 2. The predicted molar refractivity (Wildman–Crippen MR) is 161 cm³/mol. The lowest BCUT2D eigenvalue weighted by Crippen LogP contribution is -2.54. The number of nitrogens with one attached hydrogen (secondary N) is 1. The molecule has 0 spiro atoms. The lowest BCUT2D eigenvalue weighted by Gasteiger charge is -2.28. The molecule has 1 fully saturated rings. The summed E-state index contributed by atoms with van der Waals surface area (Å²) in [5.74, 6) is -0.681. The zero-order valence-electron chi connectivity index (χ0n) is 22.3. The van der Waals surface area contributed by atoms with Crippen LogP contribution in [0, 0.1) is 6.92 Å². The van der Waals surface area contributed by atoms with Gasteiger partial charge in [-0.1, -0.05) is 54.1 Å². The van der Waals surface area contributed by atoms with Crippen LogP contribution >= 0.6 is 27.5 Å². The highest BCUT2D eigenvalue weighted by Crippen LogP contribution is 2.39. The predicted octanol–water partition coefficient (Wildman–Crippen LogP) is 6.83. The minimum atomic E-state index is -0.923. The van der Waals surface area contributed by atoms with Crippen molar-refractivity contribution in [2.45, 2.75) is 13.5 Å². The Morgan fingerprint density at radius 2 is 1.68 bits per heavy atom. The second-order valence-corrected chi connectivity index (χ2v) is 10.4. The summed E-state index contributed by atoms with van der Waals surface area (Å²) in [6.45, 7) is 2.40. The second-order valence-electron chi connectivity index (χ2n) is 9.18. The number of fused-ring (bicyclic) bond motifs is 1. The Balaban J connectivity index is 1.42. The summed E-state index contributed by atoms with van der Waals surface area (Å²) in [5, 5.41) is 4.70. The molecule has 0 saturated carbocycles. The Bertz CT molecular complexity index is 1750. The first kappa shape index (κ1) is 28.2. The molecule has 1 saturated heterocycles. The maximum absolute atomic E-state index is 13.5. The van der Waals surface area contributed by atoms with Crippen molar-refractivity contribution in [1.29, 1.82) is 0 Å². The Morgan fingerprint density at radius 1 is 0.927 bits per heavy atom. The van der Waals surface area contributed by atoms with Gasteiger partial charge in [-0.15, -0.1) is 0 Å². The molecule has 1 heterocycles. The van der Waals surface area contributed by atoms with Crippen LogP contribution in [-0.4, -0.2) is 32.1 Å². The number of aryl methyl sites for hydroxylation is 1. The average Bonchev–Trinajstić information content (AvgIpc) is 2.96. The fourth-order valence-electron chi connectivity index (χ4n) is 4.57. The van der Waals surface area contributed by atoms with Gasteiger partial charge in [0.15, 0.2) is 0 Å². The summed E-state index contributed by atoms with van der Waals surface area (Å²) in [6, 6.07) is 19.4. The largest absolute Gasteiger partial charge is 0.495 e. The van der Waals surface area contributed by atoms with Crippen molar-refractivity contribution in [2.24, 2.45) is 0 Å². The number of urea groups is 1. The van der Waals surface area contributed by atoms with E-state index < -0.39 is 17.8 Å². The van der Waals surface area contributed by atoms with Crippen LogP contribution in [0.2, 0.25) is 5.02 Å². The zero-order chi connectivity index (χ0) is 29.3. The molecule has 1 aliphatic heterocycles. The lowest BCUT2D eigenvalue weighted by molar-refractivity contribution is -0.122. The van der Waals surface area contributed by atoms with Crippen LogP contribution in [0.25, 0.3) is 16.8 Å². The number of ether oxygens (including phenoxy) is 3. The SMILES string of the molecule is COc1cc(N2C(=O)NC(=O)/C(=C\c3ccc(OCc4c(C)ccc5ccccc45)c(Br)c3)C2=O)c(OC)cc1Cl. The molecule has 41 heavy (non-hydrogen) atoms. The van der Waals surface area contributed by atoms with Gasteiger partial charge < -0.3 is 14.2 Å². The van der Waals surface area contributed by atoms with E-state index in [0.717, 1.165) is 26.8 Å². The highest BCUT2D eigenvalue weighted by Gasteiger charge is 2.38. The van der Waals surface area contributed by atoms with E-state index in [2.05, 4.69) is 45.5 Å². The van der Waals surface area contributed by atoms with Crippen LogP contribution < -0.4 is 24.4 Å². The molecule has 10 heteroatoms. The first-order valence-corrected chi connectivity index (χ1v) is 13.6. The molecule has 4 aromatic rings. The number of carbonyl (C=O) groups excluding carboxylic acids is 3. The van der Waals surface area contributed by atoms with E-state index in [9.17, 15) is 14.4 Å². The maximum atomic E-state index is 13.5. The van der Waals surface area contributed by atoms with Gasteiger partial charge in [0.25, 0.3) is 11.8 Å². The van der Waals surface area contributed by atoms with Crippen LogP contribution in [0.4, 0.5) is 10.5 Å². The summed E-state index contributed by atoms with van der Waals surface area (Å²) in [6.07, 6.45) is 1.40. The lowest BCUT2D eigenvalue weighted by atomic mass is 10.0. The molecule has 4 amide bonds. The molecule has 8 nitrogen and oxygen atoms in total. The number of carbonyl (C=O) groups is 3. The summed E-state index contributed by atoms with van der Waals surface area (Å²) in [4.78, 5) is 39.7. The third kappa shape index (κ3) is 5.51. The van der Waals surface area contributed by atoms with Crippen molar-refractivity contribution in [3.63, 3.8) is 0 Å². The fraction of sp³-hybridized carbons (Fsp3) is 0.129. The molecule has 1 aliphatic rings. The number of barbiturate groups is 1. The Morgan fingerprint density at radius 3 is 2.41 bits per heavy atom. The number of halogens is 2. The quantitative estimate of drug-likeness (QED) is 0.177. The van der Waals surface area contributed by atoms with Crippen LogP contribution in [0.1, 0.15) is 16.7 Å². The summed E-state index contributed by atoms with van der Waals surface area (Å²) in [7, 11) is 2.78. The minimum absolute atomic E-state index is 0.0725. The Hall–Kier alpha value is -4.34. The normalized spacial score (nSPS) is 14.4. The molecule has 5 rings (SSSR count). The van der Waals surface area contributed by atoms with Gasteiger partial charge in [0.2, 0.25) is 0 Å². The summed E-state index contributed by atoms with van der Waals surface area (Å²) >= 11 is 9.72. The van der Waals surface area contributed by atoms with Crippen LogP contribution in [-0.2, 0) is 16.2 Å². The molecule has 0 bridgehead atoms. The van der Waals surface area contributed by atoms with Gasteiger partial charge in [-0.05, 0) is 63.0 Å². The second kappa shape index (κ2) is 11.6. The van der Waals surface area contributed by atoms with Crippen LogP contribution in [0.15, 0.2) is 76.8 Å². The van der Waals surface area contributed by atoms with Gasteiger partial charge in [-0.3, -0.25) is 14.9 Å². The topological polar surface area (TPSA) is 94.2 Å². The molecule has 0 atom stereocenters. The number of nitrogens with zero attached hydrogens (tertiary/aromatic N) is 1. The molecule has 0 aliphatic carbocycles. The van der Waals surface area contributed by atoms with E-state index >= 15 is 0 Å². The Labute approximate surface area is 249 Å². The minimum Gasteiger partial charge on any atom is -0.495 e. The van der Waals surface area contributed by atoms with Crippen LogP contribution in [0.5, 0.6) is 17.2 Å². The van der Waals surface area contributed by atoms with Crippen LogP contribution in [0.3, 0.4) is 0 Å². The van der Waals surface area contributed by atoms with Crippen molar-refractivity contribution < 1.29 is 28.6 Å². The molecular formula is C31H24BrClN2O6. The van der Waals surface area contributed by atoms with Crippen molar-refractivity contribution in [2.75, 3.05) is 19.1 Å². The van der Waals surface area contributed by atoms with Gasteiger partial charge in [0, 0.05) is 17.7 Å². The fourth-order valence-corrected chi connectivity index (χ4v) is 5.31. The molecular weight excluding hydrogens is 612 g/mol. The number of hydrogen-bond acceptors (Lipinski definition) is 6. The average molecular weight is 636 g/mol. The van der Waals surface area contributed by atoms with E-state index in [1.807, 2.05) is 19.1 Å². The van der Waals surface area contributed by atoms with Gasteiger partial charge >= 0.3 is 6.03 Å². The maximum Gasteiger partial charge on any atom is 0.336 e. The number of hydrogen-bond donors (Lipinski definition) is 1. The third-order valence-corrected chi connectivity index (χ3v) is 7.62. The van der Waals surface area contributed by atoms with E-state index in [4.69, 9.17) is 25.8 Å². The monoisotopic (exact) mass is 634 g/mol. The first-order chi connectivity index (χ1) is 19.7. The number of imide groups is 2. The summed E-state index contributed by atoms with van der Waals surface area (Å²) in [5.41, 5.74) is 2.58. The highest BCUT2D eigenvalue weighted by molar-refractivity contribution is 9.10. The summed E-state index contributed by atoms with van der Waals surface area (Å²) < 4.78 is 17.3. The van der Waals surface area contributed by atoms with E-state index in [1.54, 1.807) is 18.2 Å². The molecule has 208 valence electrons. The highest BCUT2D eigenvalue weighted by atomic mass is 79.9. The van der Waals surface area contributed by atoms with Crippen molar-refractivity contribution in [1.82, 2.24) is 5.32 Å². The van der Waals surface area contributed by atoms with E-state index in [0.29, 0.717) is 22.4 Å². The van der Waals surface area contributed by atoms with E-state index in [1.165, 1.54) is 32.4 Å². The van der Waals surface area contributed by atoms with Gasteiger partial charge in [-0.25, -0.2) is 9.69 Å². The number of benzene rings is 4. The van der Waals surface area contributed by atoms with Gasteiger partial charge in [0.05, 0.1) is 29.4 Å². The number of amides is 4. The zero-order valence-corrected chi connectivity index (χ0v) is 24.6. The van der Waals surface area contributed by atoms with Crippen molar-refractivity contribution in [3.05, 3.63) is 98.5 Å². The standard InChI is InChI=1S/C31H24BrClN2O6/c1-17-8-10-19-6-4-5-7-20(19)22(17)16-41-26-11-9-18(13-23(26)32)12-21-29(36)34-31(38)35(30(21)37)25-15-27(39-2)24(33)14-28(25)40-3/h4-15H,16H2,1-3H3,(H,34,36,38)/b21-12+. The third-order valence-electron chi connectivity index (χ3n) is 6.71. The molecule has 4 aromatic carbocycles. The van der Waals surface area contributed by atoms with Crippen molar-refractivity contribution >= 4 is 67.9 Å². The number of rotatable bonds is 7. The molecule has 0 radical (unpaired) electrons.